The largest absolute Gasteiger partial charge is 0.416 e. The molecule has 0 aliphatic carbocycles. The third-order valence-electron chi connectivity index (χ3n) is 3.36. The molecule has 0 saturated carbocycles. The maximum absolute atomic E-state index is 13.2. The molecule has 0 aromatic heterocycles. The van der Waals surface area contributed by atoms with Crippen molar-refractivity contribution in [1.29, 1.82) is 0 Å². The summed E-state index contributed by atoms with van der Waals surface area (Å²) < 4.78 is 39.5. The summed E-state index contributed by atoms with van der Waals surface area (Å²) in [5.74, 6) is -0.616. The van der Waals surface area contributed by atoms with E-state index in [9.17, 15) is 22.8 Å². The molecule has 1 aromatic rings. The predicted octanol–water partition coefficient (Wildman–Crippen LogP) is 1.91. The molecule has 120 valence electrons. The lowest BCUT2D eigenvalue weighted by Gasteiger charge is -2.36. The summed E-state index contributed by atoms with van der Waals surface area (Å²) in [6, 6.07) is 2.96. The standard InChI is InChI=1S/C14H16F3N3O2/c1-2-18-13(22)20-8-7-19-12(21)11(20)9-5-3-4-6-10(9)14(15,16)17/h3-6,11H,2,7-8H2,1H3,(H,18,22)(H,19,21)/t11-/m1/s1. The van der Waals surface area contributed by atoms with Gasteiger partial charge in [-0.15, -0.1) is 0 Å². The van der Waals surface area contributed by atoms with Gasteiger partial charge in [0.25, 0.3) is 0 Å². The molecule has 8 heteroatoms. The summed E-state index contributed by atoms with van der Waals surface area (Å²) in [7, 11) is 0. The van der Waals surface area contributed by atoms with Crippen molar-refractivity contribution in [2.75, 3.05) is 19.6 Å². The number of hydrogen-bond donors (Lipinski definition) is 2. The van der Waals surface area contributed by atoms with Crippen molar-refractivity contribution in [3.63, 3.8) is 0 Å². The average molecular weight is 315 g/mol. The summed E-state index contributed by atoms with van der Waals surface area (Å²) in [6.45, 7) is 2.38. The number of benzene rings is 1. The second kappa shape index (κ2) is 6.25. The Balaban J connectivity index is 2.46. The minimum atomic E-state index is -4.60. The van der Waals surface area contributed by atoms with E-state index in [1.807, 2.05) is 0 Å². The number of rotatable bonds is 2. The van der Waals surface area contributed by atoms with Gasteiger partial charge < -0.3 is 15.5 Å². The predicted molar refractivity (Wildman–Crippen MR) is 73.0 cm³/mol. The molecule has 1 aliphatic rings. The summed E-state index contributed by atoms with van der Waals surface area (Å²) in [5, 5.41) is 5.03. The Morgan fingerprint density at radius 3 is 2.73 bits per heavy atom. The molecule has 2 rings (SSSR count). The van der Waals surface area contributed by atoms with Crippen LogP contribution in [-0.2, 0) is 11.0 Å². The van der Waals surface area contributed by atoms with E-state index in [1.165, 1.54) is 18.2 Å². The van der Waals surface area contributed by atoms with Crippen LogP contribution in [0, 0.1) is 0 Å². The van der Waals surface area contributed by atoms with E-state index in [1.54, 1.807) is 6.92 Å². The van der Waals surface area contributed by atoms with Crippen molar-refractivity contribution in [1.82, 2.24) is 15.5 Å². The van der Waals surface area contributed by atoms with Crippen LogP contribution in [0.2, 0.25) is 0 Å². The van der Waals surface area contributed by atoms with Gasteiger partial charge in [-0.3, -0.25) is 4.79 Å². The van der Waals surface area contributed by atoms with Crippen LogP contribution >= 0.6 is 0 Å². The molecule has 0 spiro atoms. The van der Waals surface area contributed by atoms with Gasteiger partial charge in [0.1, 0.15) is 6.04 Å². The Bertz CT molecular complexity index is 575. The quantitative estimate of drug-likeness (QED) is 0.876. The Labute approximate surface area is 125 Å². The third-order valence-corrected chi connectivity index (χ3v) is 3.36. The first-order valence-electron chi connectivity index (χ1n) is 6.84. The lowest BCUT2D eigenvalue weighted by molar-refractivity contribution is -0.139. The first-order valence-corrected chi connectivity index (χ1v) is 6.84. The Hall–Kier alpha value is -2.25. The number of halogens is 3. The summed E-state index contributed by atoms with van der Waals surface area (Å²) >= 11 is 0. The molecular formula is C14H16F3N3O2. The van der Waals surface area contributed by atoms with Gasteiger partial charge in [-0.25, -0.2) is 4.79 Å². The van der Waals surface area contributed by atoms with Gasteiger partial charge in [-0.1, -0.05) is 18.2 Å². The van der Waals surface area contributed by atoms with Crippen molar-refractivity contribution >= 4 is 11.9 Å². The van der Waals surface area contributed by atoms with Crippen molar-refractivity contribution in [2.45, 2.75) is 19.1 Å². The van der Waals surface area contributed by atoms with Crippen LogP contribution in [-0.4, -0.2) is 36.5 Å². The molecule has 0 radical (unpaired) electrons. The number of carbonyl (C=O) groups is 2. The molecule has 1 atom stereocenters. The zero-order chi connectivity index (χ0) is 16.3. The van der Waals surface area contributed by atoms with Crippen LogP contribution in [0.3, 0.4) is 0 Å². The van der Waals surface area contributed by atoms with Crippen LogP contribution in [0.1, 0.15) is 24.1 Å². The average Bonchev–Trinajstić information content (AvgIpc) is 2.46. The summed E-state index contributed by atoms with van der Waals surface area (Å²) in [5.41, 5.74) is -1.13. The molecule has 1 aromatic carbocycles. The molecule has 1 aliphatic heterocycles. The van der Waals surface area contributed by atoms with E-state index in [0.717, 1.165) is 11.0 Å². The maximum atomic E-state index is 13.2. The zero-order valence-corrected chi connectivity index (χ0v) is 11.9. The topological polar surface area (TPSA) is 61.4 Å². The van der Waals surface area contributed by atoms with E-state index in [-0.39, 0.29) is 18.7 Å². The highest BCUT2D eigenvalue weighted by atomic mass is 19.4. The van der Waals surface area contributed by atoms with Crippen molar-refractivity contribution < 1.29 is 22.8 Å². The first-order chi connectivity index (χ1) is 10.4. The first kappa shape index (κ1) is 16.1. The van der Waals surface area contributed by atoms with Gasteiger partial charge in [0.2, 0.25) is 5.91 Å². The van der Waals surface area contributed by atoms with Gasteiger partial charge >= 0.3 is 12.2 Å². The maximum Gasteiger partial charge on any atom is 0.416 e. The van der Waals surface area contributed by atoms with Crippen LogP contribution in [0.5, 0.6) is 0 Å². The fraction of sp³-hybridized carbons (Fsp3) is 0.429. The van der Waals surface area contributed by atoms with E-state index in [4.69, 9.17) is 0 Å². The normalized spacial score (nSPS) is 18.8. The Morgan fingerprint density at radius 2 is 2.09 bits per heavy atom. The molecule has 0 bridgehead atoms. The highest BCUT2D eigenvalue weighted by Crippen LogP contribution is 2.36. The number of urea groups is 1. The molecule has 0 unspecified atom stereocenters. The zero-order valence-electron chi connectivity index (χ0n) is 11.9. The number of hydrogen-bond acceptors (Lipinski definition) is 2. The lowest BCUT2D eigenvalue weighted by atomic mass is 9.96. The number of amides is 3. The van der Waals surface area contributed by atoms with Crippen molar-refractivity contribution in [3.05, 3.63) is 35.4 Å². The molecule has 1 saturated heterocycles. The van der Waals surface area contributed by atoms with E-state index >= 15 is 0 Å². The minimum absolute atomic E-state index is 0.147. The second-order valence-corrected chi connectivity index (χ2v) is 4.81. The van der Waals surface area contributed by atoms with E-state index in [2.05, 4.69) is 10.6 Å². The number of carbonyl (C=O) groups excluding carboxylic acids is 2. The number of piperazine rings is 1. The fourth-order valence-corrected chi connectivity index (χ4v) is 2.44. The number of nitrogens with zero attached hydrogens (tertiary/aromatic N) is 1. The second-order valence-electron chi connectivity index (χ2n) is 4.81. The molecule has 1 fully saturated rings. The Kier molecular flexibility index (Phi) is 4.58. The monoisotopic (exact) mass is 315 g/mol. The van der Waals surface area contributed by atoms with Gasteiger partial charge in [0.05, 0.1) is 5.56 Å². The van der Waals surface area contributed by atoms with Crippen LogP contribution in [0.15, 0.2) is 24.3 Å². The Morgan fingerprint density at radius 1 is 1.41 bits per heavy atom. The summed E-state index contributed by atoms with van der Waals surface area (Å²) in [4.78, 5) is 25.3. The lowest BCUT2D eigenvalue weighted by Crippen LogP contribution is -2.55. The highest BCUT2D eigenvalue weighted by molar-refractivity contribution is 5.89. The molecular weight excluding hydrogens is 299 g/mol. The van der Waals surface area contributed by atoms with E-state index < -0.39 is 29.7 Å². The van der Waals surface area contributed by atoms with Crippen molar-refractivity contribution in [2.24, 2.45) is 0 Å². The van der Waals surface area contributed by atoms with Crippen LogP contribution in [0.25, 0.3) is 0 Å². The highest BCUT2D eigenvalue weighted by Gasteiger charge is 2.41. The fourth-order valence-electron chi connectivity index (χ4n) is 2.44. The van der Waals surface area contributed by atoms with Crippen LogP contribution < -0.4 is 10.6 Å². The minimum Gasteiger partial charge on any atom is -0.352 e. The summed E-state index contributed by atoms with van der Waals surface area (Å²) in [6.07, 6.45) is -4.60. The third kappa shape index (κ3) is 3.15. The molecule has 22 heavy (non-hydrogen) atoms. The molecule has 2 N–H and O–H groups in total. The van der Waals surface area contributed by atoms with Gasteiger partial charge in [0, 0.05) is 19.6 Å². The molecule has 3 amide bonds. The van der Waals surface area contributed by atoms with E-state index in [0.29, 0.717) is 6.54 Å². The molecule has 5 nitrogen and oxygen atoms in total. The number of nitrogens with one attached hydrogen (secondary N) is 2. The van der Waals surface area contributed by atoms with Crippen molar-refractivity contribution in [3.8, 4) is 0 Å². The SMILES string of the molecule is CCNC(=O)N1CCNC(=O)[C@H]1c1ccccc1C(F)(F)F. The number of alkyl halides is 3. The van der Waals surface area contributed by atoms with Gasteiger partial charge in [0.15, 0.2) is 0 Å². The van der Waals surface area contributed by atoms with Crippen LogP contribution in [0.4, 0.5) is 18.0 Å². The smallest absolute Gasteiger partial charge is 0.352 e. The van der Waals surface area contributed by atoms with Gasteiger partial charge in [-0.05, 0) is 18.6 Å². The van der Waals surface area contributed by atoms with Gasteiger partial charge in [-0.2, -0.15) is 13.2 Å². The molecule has 1 heterocycles.